The Morgan fingerprint density at radius 3 is 2.90 bits per heavy atom. The maximum absolute atomic E-state index is 13.8. The molecule has 1 aliphatic heterocycles. The number of amides is 1. The average molecular weight is 285 g/mol. The molecule has 21 heavy (non-hydrogen) atoms. The Labute approximate surface area is 122 Å². The first-order valence-electron chi connectivity index (χ1n) is 7.09. The smallest absolute Gasteiger partial charge is 0.257 e. The van der Waals surface area contributed by atoms with Gasteiger partial charge in [-0.25, -0.2) is 4.39 Å². The lowest BCUT2D eigenvalue weighted by molar-refractivity contribution is 0.0601. The molecule has 108 valence electrons. The van der Waals surface area contributed by atoms with E-state index in [1.165, 1.54) is 12.3 Å². The van der Waals surface area contributed by atoms with Crippen LogP contribution in [0.5, 0.6) is 0 Å². The van der Waals surface area contributed by atoms with Gasteiger partial charge in [0, 0.05) is 18.9 Å². The second kappa shape index (κ2) is 5.99. The average Bonchev–Trinajstić information content (AvgIpc) is 2.55. The van der Waals surface area contributed by atoms with Crippen molar-refractivity contribution in [3.63, 3.8) is 0 Å². The van der Waals surface area contributed by atoms with Crippen LogP contribution in [0.4, 0.5) is 4.39 Å². The van der Waals surface area contributed by atoms with Crippen molar-refractivity contribution < 1.29 is 9.18 Å². The summed E-state index contributed by atoms with van der Waals surface area (Å²) in [5, 5.41) is 0. The molecule has 0 radical (unpaired) electrons. The molecule has 0 aliphatic carbocycles. The highest BCUT2D eigenvalue weighted by Gasteiger charge is 2.30. The predicted molar refractivity (Wildman–Crippen MR) is 76.1 cm³/mol. The van der Waals surface area contributed by atoms with Gasteiger partial charge in [-0.1, -0.05) is 6.07 Å². The Morgan fingerprint density at radius 1 is 1.24 bits per heavy atom. The SMILES string of the molecule is O=C(c1ccncc1F)N1CCCC[C@H]1c1ccccn1. The number of carbonyl (C=O) groups is 1. The minimum atomic E-state index is -0.576. The minimum absolute atomic E-state index is 0.0767. The molecule has 0 N–H and O–H groups in total. The largest absolute Gasteiger partial charge is 0.330 e. The molecule has 2 aromatic rings. The van der Waals surface area contributed by atoms with E-state index in [1.807, 2.05) is 18.2 Å². The Hall–Kier alpha value is -2.30. The van der Waals surface area contributed by atoms with E-state index in [2.05, 4.69) is 9.97 Å². The number of piperidine rings is 1. The van der Waals surface area contributed by atoms with E-state index in [0.29, 0.717) is 6.54 Å². The first kappa shape index (κ1) is 13.7. The molecule has 5 heteroatoms. The first-order chi connectivity index (χ1) is 10.3. The zero-order valence-corrected chi connectivity index (χ0v) is 11.6. The van der Waals surface area contributed by atoms with Crippen molar-refractivity contribution in [2.45, 2.75) is 25.3 Å². The molecule has 3 heterocycles. The standard InChI is InChI=1S/C16H16FN3O/c17-13-11-18-9-7-12(13)16(21)20-10-4-2-6-15(20)14-5-1-3-8-19-14/h1,3,5,7-9,11,15H,2,4,6,10H2/t15-/m0/s1. The molecule has 4 nitrogen and oxygen atoms in total. The van der Waals surface area contributed by atoms with E-state index in [-0.39, 0.29) is 17.5 Å². The van der Waals surface area contributed by atoms with Gasteiger partial charge in [-0.15, -0.1) is 0 Å². The van der Waals surface area contributed by atoms with Gasteiger partial charge in [0.1, 0.15) is 0 Å². The van der Waals surface area contributed by atoms with Crippen molar-refractivity contribution in [1.29, 1.82) is 0 Å². The lowest BCUT2D eigenvalue weighted by Crippen LogP contribution is -2.39. The summed E-state index contributed by atoms with van der Waals surface area (Å²) in [4.78, 5) is 22.4. The van der Waals surface area contributed by atoms with Crippen LogP contribution in [0.15, 0.2) is 42.9 Å². The fourth-order valence-corrected chi connectivity index (χ4v) is 2.76. The van der Waals surface area contributed by atoms with Crippen LogP contribution in [0.2, 0.25) is 0 Å². The van der Waals surface area contributed by atoms with Gasteiger partial charge >= 0.3 is 0 Å². The first-order valence-corrected chi connectivity index (χ1v) is 7.09. The van der Waals surface area contributed by atoms with Crippen LogP contribution in [-0.4, -0.2) is 27.3 Å². The maximum Gasteiger partial charge on any atom is 0.257 e. The van der Waals surface area contributed by atoms with E-state index in [9.17, 15) is 9.18 Å². The van der Waals surface area contributed by atoms with E-state index < -0.39 is 5.82 Å². The van der Waals surface area contributed by atoms with E-state index >= 15 is 0 Å². The molecule has 0 bridgehead atoms. The number of nitrogens with zero attached hydrogens (tertiary/aromatic N) is 3. The number of hydrogen-bond donors (Lipinski definition) is 0. The Balaban J connectivity index is 1.91. The third-order valence-corrected chi connectivity index (χ3v) is 3.80. The van der Waals surface area contributed by atoms with Gasteiger partial charge in [0.2, 0.25) is 0 Å². The fourth-order valence-electron chi connectivity index (χ4n) is 2.76. The summed E-state index contributed by atoms with van der Waals surface area (Å²) in [5.74, 6) is -0.863. The lowest BCUT2D eigenvalue weighted by Gasteiger charge is -2.35. The summed E-state index contributed by atoms with van der Waals surface area (Å²) in [6.45, 7) is 0.627. The van der Waals surface area contributed by atoms with Gasteiger partial charge in [-0.3, -0.25) is 14.8 Å². The molecule has 2 aromatic heterocycles. The number of likely N-dealkylation sites (tertiary alicyclic amines) is 1. The zero-order valence-electron chi connectivity index (χ0n) is 11.6. The number of hydrogen-bond acceptors (Lipinski definition) is 3. The van der Waals surface area contributed by atoms with Crippen molar-refractivity contribution in [2.75, 3.05) is 6.54 Å². The summed E-state index contributed by atoms with van der Waals surface area (Å²) >= 11 is 0. The molecule has 1 fully saturated rings. The van der Waals surface area contributed by atoms with Gasteiger partial charge in [0.05, 0.1) is 23.5 Å². The topological polar surface area (TPSA) is 46.1 Å². The third kappa shape index (κ3) is 2.77. The van der Waals surface area contributed by atoms with Crippen LogP contribution < -0.4 is 0 Å². The third-order valence-electron chi connectivity index (χ3n) is 3.80. The Bertz CT molecular complexity index is 632. The van der Waals surface area contributed by atoms with Crippen LogP contribution >= 0.6 is 0 Å². The van der Waals surface area contributed by atoms with Crippen LogP contribution in [0, 0.1) is 5.82 Å². The second-order valence-corrected chi connectivity index (χ2v) is 5.12. The van der Waals surface area contributed by atoms with Gasteiger partial charge in [-0.05, 0) is 37.5 Å². The predicted octanol–water partition coefficient (Wildman–Crippen LogP) is 2.98. The molecule has 0 spiro atoms. The molecular weight excluding hydrogens is 269 g/mol. The minimum Gasteiger partial charge on any atom is -0.330 e. The zero-order chi connectivity index (χ0) is 14.7. The summed E-state index contributed by atoms with van der Waals surface area (Å²) in [5.41, 5.74) is 0.938. The molecule has 1 aliphatic rings. The van der Waals surface area contributed by atoms with Crippen molar-refractivity contribution >= 4 is 5.91 Å². The van der Waals surface area contributed by atoms with Crippen LogP contribution in [-0.2, 0) is 0 Å². The van der Waals surface area contributed by atoms with E-state index in [4.69, 9.17) is 0 Å². The van der Waals surface area contributed by atoms with E-state index in [1.54, 1.807) is 11.1 Å². The molecule has 0 unspecified atom stereocenters. The Kier molecular flexibility index (Phi) is 3.90. The molecule has 3 rings (SSSR count). The van der Waals surface area contributed by atoms with Crippen LogP contribution in [0.3, 0.4) is 0 Å². The van der Waals surface area contributed by atoms with Crippen molar-refractivity contribution in [2.24, 2.45) is 0 Å². The monoisotopic (exact) mass is 285 g/mol. The summed E-state index contributed by atoms with van der Waals surface area (Å²) in [7, 11) is 0. The molecule has 1 amide bonds. The summed E-state index contributed by atoms with van der Waals surface area (Å²) in [6, 6.07) is 7.02. The quantitative estimate of drug-likeness (QED) is 0.852. The second-order valence-electron chi connectivity index (χ2n) is 5.12. The molecular formula is C16H16FN3O. The summed E-state index contributed by atoms with van der Waals surface area (Å²) in [6.07, 6.45) is 7.07. The number of halogens is 1. The number of rotatable bonds is 2. The van der Waals surface area contributed by atoms with Crippen molar-refractivity contribution in [1.82, 2.24) is 14.9 Å². The normalized spacial score (nSPS) is 18.5. The Morgan fingerprint density at radius 2 is 2.14 bits per heavy atom. The van der Waals surface area contributed by atoms with Crippen molar-refractivity contribution in [3.05, 3.63) is 59.9 Å². The highest BCUT2D eigenvalue weighted by molar-refractivity contribution is 5.94. The van der Waals surface area contributed by atoms with Gasteiger partial charge in [-0.2, -0.15) is 0 Å². The number of pyridine rings is 2. The van der Waals surface area contributed by atoms with Crippen LogP contribution in [0.25, 0.3) is 0 Å². The van der Waals surface area contributed by atoms with Crippen LogP contribution in [0.1, 0.15) is 41.4 Å². The molecule has 1 saturated heterocycles. The molecule has 1 atom stereocenters. The van der Waals surface area contributed by atoms with Gasteiger partial charge < -0.3 is 4.90 Å². The highest BCUT2D eigenvalue weighted by atomic mass is 19.1. The maximum atomic E-state index is 13.8. The van der Waals surface area contributed by atoms with E-state index in [0.717, 1.165) is 31.2 Å². The fraction of sp³-hybridized carbons (Fsp3) is 0.312. The molecule has 0 saturated carbocycles. The van der Waals surface area contributed by atoms with Gasteiger partial charge in [0.15, 0.2) is 5.82 Å². The highest BCUT2D eigenvalue weighted by Crippen LogP contribution is 2.31. The lowest BCUT2D eigenvalue weighted by atomic mass is 9.97. The summed E-state index contributed by atoms with van der Waals surface area (Å²) < 4.78 is 13.8. The van der Waals surface area contributed by atoms with Gasteiger partial charge in [0.25, 0.3) is 5.91 Å². The van der Waals surface area contributed by atoms with Crippen molar-refractivity contribution in [3.8, 4) is 0 Å². The number of carbonyl (C=O) groups excluding carboxylic acids is 1. The molecule has 0 aromatic carbocycles. The number of aromatic nitrogens is 2.